The number of ether oxygens (including phenoxy) is 1. The molecule has 110 valence electrons. The normalized spacial score (nSPS) is 10.8. The van der Waals surface area contributed by atoms with Gasteiger partial charge in [-0.1, -0.05) is 0 Å². The zero-order valence-corrected chi connectivity index (χ0v) is 11.9. The largest absolute Gasteiger partial charge is 0.444 e. The third-order valence-electron chi connectivity index (χ3n) is 2.10. The third kappa shape index (κ3) is 5.64. The van der Waals surface area contributed by atoms with Crippen LogP contribution in [-0.4, -0.2) is 41.1 Å². The van der Waals surface area contributed by atoms with Crippen LogP contribution in [0.25, 0.3) is 0 Å². The Morgan fingerprint density at radius 1 is 1.40 bits per heavy atom. The molecule has 0 aliphatic rings. The Labute approximate surface area is 116 Å². The molecule has 20 heavy (non-hydrogen) atoms. The van der Waals surface area contributed by atoms with Crippen molar-refractivity contribution < 1.29 is 18.7 Å². The summed E-state index contributed by atoms with van der Waals surface area (Å²) in [6, 6.07) is 2.51. The monoisotopic (exact) mass is 283 g/mol. The summed E-state index contributed by atoms with van der Waals surface area (Å²) in [7, 11) is 1.45. The van der Waals surface area contributed by atoms with Gasteiger partial charge in [0.2, 0.25) is 11.9 Å². The molecule has 6 nitrogen and oxygen atoms in total. The second-order valence-electron chi connectivity index (χ2n) is 5.25. The molecule has 0 aromatic carbocycles. The van der Waals surface area contributed by atoms with Gasteiger partial charge >= 0.3 is 6.09 Å². The van der Waals surface area contributed by atoms with E-state index in [4.69, 9.17) is 4.74 Å². The predicted molar refractivity (Wildman–Crippen MR) is 71.7 cm³/mol. The molecule has 2 amide bonds. The molecule has 0 saturated heterocycles. The van der Waals surface area contributed by atoms with E-state index in [-0.39, 0.29) is 6.54 Å². The zero-order valence-electron chi connectivity index (χ0n) is 11.9. The van der Waals surface area contributed by atoms with Crippen LogP contribution in [0.3, 0.4) is 0 Å². The highest BCUT2D eigenvalue weighted by atomic mass is 19.1. The second-order valence-corrected chi connectivity index (χ2v) is 5.25. The van der Waals surface area contributed by atoms with Crippen molar-refractivity contribution in [3.8, 4) is 0 Å². The maximum atomic E-state index is 12.6. The van der Waals surface area contributed by atoms with Crippen molar-refractivity contribution in [2.75, 3.05) is 18.9 Å². The van der Waals surface area contributed by atoms with Crippen LogP contribution in [-0.2, 0) is 9.53 Å². The van der Waals surface area contributed by atoms with Crippen LogP contribution in [0.15, 0.2) is 18.3 Å². The maximum Gasteiger partial charge on any atom is 0.410 e. The van der Waals surface area contributed by atoms with Crippen molar-refractivity contribution in [1.82, 2.24) is 9.88 Å². The Hall–Kier alpha value is -2.18. The lowest BCUT2D eigenvalue weighted by Gasteiger charge is -2.24. The summed E-state index contributed by atoms with van der Waals surface area (Å²) in [6.45, 7) is 5.04. The average Bonchev–Trinajstić information content (AvgIpc) is 2.29. The van der Waals surface area contributed by atoms with Crippen molar-refractivity contribution in [2.45, 2.75) is 26.4 Å². The Bertz CT molecular complexity index is 483. The minimum absolute atomic E-state index is 0.174. The molecule has 0 aliphatic heterocycles. The van der Waals surface area contributed by atoms with Gasteiger partial charge < -0.3 is 15.0 Å². The number of nitrogens with one attached hydrogen (secondary N) is 1. The third-order valence-corrected chi connectivity index (χ3v) is 2.10. The molecular weight excluding hydrogens is 265 g/mol. The van der Waals surface area contributed by atoms with Gasteiger partial charge in [0.15, 0.2) is 0 Å². The van der Waals surface area contributed by atoms with Crippen molar-refractivity contribution in [1.29, 1.82) is 0 Å². The summed E-state index contributed by atoms with van der Waals surface area (Å²) in [5.74, 6) is -1.05. The summed E-state index contributed by atoms with van der Waals surface area (Å²) in [6.07, 6.45) is 0.602. The minimum Gasteiger partial charge on any atom is -0.444 e. The molecule has 0 fully saturated rings. The fourth-order valence-electron chi connectivity index (χ4n) is 1.27. The zero-order chi connectivity index (χ0) is 15.3. The number of carbonyl (C=O) groups is 2. The van der Waals surface area contributed by atoms with Gasteiger partial charge in [-0.15, -0.1) is 0 Å². The smallest absolute Gasteiger partial charge is 0.410 e. The fourth-order valence-corrected chi connectivity index (χ4v) is 1.27. The van der Waals surface area contributed by atoms with Crippen LogP contribution in [0, 0.1) is 5.95 Å². The van der Waals surface area contributed by atoms with Gasteiger partial charge in [-0.3, -0.25) is 4.79 Å². The molecule has 0 radical (unpaired) electrons. The first kappa shape index (κ1) is 15.9. The van der Waals surface area contributed by atoms with Gasteiger partial charge in [-0.2, -0.15) is 4.39 Å². The van der Waals surface area contributed by atoms with E-state index in [9.17, 15) is 14.0 Å². The number of likely N-dealkylation sites (N-methyl/N-ethyl adjacent to an activating group) is 1. The van der Waals surface area contributed by atoms with E-state index in [0.717, 1.165) is 11.0 Å². The number of hydrogen-bond acceptors (Lipinski definition) is 4. The SMILES string of the molecule is CN(CC(=O)Nc1ccc(F)nc1)C(=O)OC(C)(C)C. The van der Waals surface area contributed by atoms with Gasteiger partial charge in [0.05, 0.1) is 11.9 Å². The molecule has 7 heteroatoms. The molecule has 0 unspecified atom stereocenters. The van der Waals surface area contributed by atoms with Gasteiger partial charge in [0, 0.05) is 7.05 Å². The maximum absolute atomic E-state index is 12.6. The topological polar surface area (TPSA) is 71.5 Å². The number of carbonyl (C=O) groups excluding carboxylic acids is 2. The van der Waals surface area contributed by atoms with Crippen LogP contribution >= 0.6 is 0 Å². The highest BCUT2D eigenvalue weighted by Gasteiger charge is 2.21. The number of amides is 2. The molecule has 0 aliphatic carbocycles. The Balaban J connectivity index is 2.49. The summed E-state index contributed by atoms with van der Waals surface area (Å²) in [4.78, 5) is 27.9. The first-order chi connectivity index (χ1) is 9.17. The van der Waals surface area contributed by atoms with E-state index in [0.29, 0.717) is 5.69 Å². The minimum atomic E-state index is -0.631. The van der Waals surface area contributed by atoms with Crippen molar-refractivity contribution in [3.05, 3.63) is 24.3 Å². The predicted octanol–water partition coefficient (Wildman–Crippen LogP) is 2.03. The molecule has 1 N–H and O–H groups in total. The lowest BCUT2D eigenvalue weighted by atomic mass is 10.2. The number of halogens is 1. The van der Waals surface area contributed by atoms with E-state index >= 15 is 0 Å². The van der Waals surface area contributed by atoms with E-state index < -0.39 is 23.5 Å². The van der Waals surface area contributed by atoms with Crippen molar-refractivity contribution in [2.24, 2.45) is 0 Å². The summed E-state index contributed by atoms with van der Waals surface area (Å²) >= 11 is 0. The molecule has 1 rings (SSSR count). The van der Waals surface area contributed by atoms with Gasteiger partial charge in [0.1, 0.15) is 12.1 Å². The van der Waals surface area contributed by atoms with Gasteiger partial charge in [0.25, 0.3) is 0 Å². The summed E-state index contributed by atoms with van der Waals surface area (Å²) in [5.41, 5.74) is -0.267. The number of anilines is 1. The van der Waals surface area contributed by atoms with Crippen LogP contribution in [0.4, 0.5) is 14.9 Å². The van der Waals surface area contributed by atoms with Crippen LogP contribution in [0.2, 0.25) is 0 Å². The van der Waals surface area contributed by atoms with Gasteiger partial charge in [-0.25, -0.2) is 9.78 Å². The number of pyridine rings is 1. The Morgan fingerprint density at radius 3 is 2.55 bits per heavy atom. The molecular formula is C13H18FN3O3. The van der Waals surface area contributed by atoms with Crippen molar-refractivity contribution in [3.63, 3.8) is 0 Å². The van der Waals surface area contributed by atoms with E-state index in [2.05, 4.69) is 10.3 Å². The van der Waals surface area contributed by atoms with Crippen LogP contribution in [0.5, 0.6) is 0 Å². The summed E-state index contributed by atoms with van der Waals surface area (Å²) < 4.78 is 17.7. The first-order valence-corrected chi connectivity index (χ1v) is 6.03. The highest BCUT2D eigenvalue weighted by Crippen LogP contribution is 2.09. The van der Waals surface area contributed by atoms with E-state index in [1.165, 1.54) is 19.3 Å². The Morgan fingerprint density at radius 2 is 2.05 bits per heavy atom. The lowest BCUT2D eigenvalue weighted by Crippen LogP contribution is -2.38. The molecule has 0 saturated carbocycles. The molecule has 1 heterocycles. The van der Waals surface area contributed by atoms with Crippen LogP contribution in [0.1, 0.15) is 20.8 Å². The molecule has 0 atom stereocenters. The highest BCUT2D eigenvalue weighted by molar-refractivity contribution is 5.93. The number of rotatable bonds is 3. The molecule has 0 spiro atoms. The average molecular weight is 283 g/mol. The number of hydrogen-bond donors (Lipinski definition) is 1. The van der Waals surface area contributed by atoms with Gasteiger partial charge in [-0.05, 0) is 32.9 Å². The molecule has 1 aromatic rings. The summed E-state index contributed by atoms with van der Waals surface area (Å²) in [5, 5.41) is 2.50. The Kier molecular flexibility index (Phi) is 5.01. The van der Waals surface area contributed by atoms with Crippen LogP contribution < -0.4 is 5.32 Å². The fraction of sp³-hybridized carbons (Fsp3) is 0.462. The van der Waals surface area contributed by atoms with E-state index in [1.54, 1.807) is 20.8 Å². The number of aromatic nitrogens is 1. The van der Waals surface area contributed by atoms with E-state index in [1.807, 2.05) is 0 Å². The molecule has 0 bridgehead atoms. The first-order valence-electron chi connectivity index (χ1n) is 6.03. The standard InChI is InChI=1S/C13H18FN3O3/c1-13(2,3)20-12(19)17(4)8-11(18)16-9-5-6-10(14)15-7-9/h5-7H,8H2,1-4H3,(H,16,18). The lowest BCUT2D eigenvalue weighted by molar-refractivity contribution is -0.117. The van der Waals surface area contributed by atoms with Crippen molar-refractivity contribution >= 4 is 17.7 Å². The molecule has 1 aromatic heterocycles. The quantitative estimate of drug-likeness (QED) is 0.861. The second kappa shape index (κ2) is 6.31. The number of nitrogens with zero attached hydrogens (tertiary/aromatic N) is 2.